The van der Waals surface area contributed by atoms with Crippen molar-refractivity contribution in [2.24, 2.45) is 0 Å². The molecule has 0 aliphatic rings. The molecule has 0 rings (SSSR count). The molecule has 0 bridgehead atoms. The maximum Gasteiger partial charge on any atom is 0.325 e. The van der Waals surface area contributed by atoms with Crippen molar-refractivity contribution in [2.45, 2.75) is 18.8 Å². The molecule has 0 aliphatic heterocycles. The van der Waals surface area contributed by atoms with Crippen LogP contribution in [0.5, 0.6) is 0 Å². The normalized spacial score (nSPS) is 18.6. The van der Waals surface area contributed by atoms with Gasteiger partial charge in [0.15, 0.2) is 0 Å². The zero-order chi connectivity index (χ0) is 9.61. The predicted molar refractivity (Wildman–Crippen MR) is 50.5 cm³/mol. The van der Waals surface area contributed by atoms with E-state index < -0.39 is 7.60 Å². The molecule has 6 heteroatoms. The fraction of sp³-hybridized carbons (Fsp3) is 1.00. The quantitative estimate of drug-likeness (QED) is 0.487. The van der Waals surface area contributed by atoms with Gasteiger partial charge in [0.05, 0.1) is 12.7 Å². The second kappa shape index (κ2) is 5.76. The van der Waals surface area contributed by atoms with Crippen LogP contribution in [0, 0.1) is 0 Å². The number of ether oxygens (including phenoxy) is 1. The molecule has 0 spiro atoms. The van der Waals surface area contributed by atoms with Crippen LogP contribution >= 0.6 is 7.60 Å². The molecule has 1 N–H and O–H groups in total. The SMILES string of the molecule is BCC[C@@H](COP(C)(=O)O)OC. The van der Waals surface area contributed by atoms with Gasteiger partial charge in [-0.2, -0.15) is 0 Å². The molecule has 0 amide bonds. The minimum absolute atomic E-state index is 0.0737. The second-order valence-corrected chi connectivity index (χ2v) is 4.61. The Balaban J connectivity index is 3.65. The first-order valence-corrected chi connectivity index (χ1v) is 5.99. The van der Waals surface area contributed by atoms with Gasteiger partial charge in [0.1, 0.15) is 7.85 Å². The van der Waals surface area contributed by atoms with E-state index in [4.69, 9.17) is 14.2 Å². The van der Waals surface area contributed by atoms with E-state index in [0.717, 1.165) is 12.7 Å². The van der Waals surface area contributed by atoms with Crippen LogP contribution in [0.25, 0.3) is 0 Å². The molecule has 0 radical (unpaired) electrons. The van der Waals surface area contributed by atoms with Crippen LogP contribution in [0.2, 0.25) is 6.32 Å². The van der Waals surface area contributed by atoms with Crippen LogP contribution in [0.15, 0.2) is 0 Å². The first-order valence-electron chi connectivity index (χ1n) is 3.97. The predicted octanol–water partition coefficient (Wildman–Crippen LogP) is 0.275. The first kappa shape index (κ1) is 12.2. The van der Waals surface area contributed by atoms with Gasteiger partial charge in [-0.25, -0.2) is 0 Å². The van der Waals surface area contributed by atoms with Crippen molar-refractivity contribution in [3.05, 3.63) is 0 Å². The number of methoxy groups -OCH3 is 1. The topological polar surface area (TPSA) is 55.8 Å². The molecule has 0 aromatic heterocycles. The van der Waals surface area contributed by atoms with Gasteiger partial charge in [-0.1, -0.05) is 6.32 Å². The molecular weight excluding hydrogens is 178 g/mol. The van der Waals surface area contributed by atoms with Gasteiger partial charge >= 0.3 is 7.60 Å². The molecule has 0 heterocycles. The van der Waals surface area contributed by atoms with E-state index >= 15 is 0 Å². The lowest BCUT2D eigenvalue weighted by atomic mass is 9.99. The summed E-state index contributed by atoms with van der Waals surface area (Å²) in [7, 11) is 0.259. The smallest absolute Gasteiger partial charge is 0.325 e. The zero-order valence-corrected chi connectivity index (χ0v) is 8.71. The zero-order valence-electron chi connectivity index (χ0n) is 7.82. The summed E-state index contributed by atoms with van der Waals surface area (Å²) in [6.07, 6.45) is 1.74. The van der Waals surface area contributed by atoms with Crippen LogP contribution in [-0.2, 0) is 13.8 Å². The molecule has 0 aliphatic carbocycles. The fourth-order valence-electron chi connectivity index (χ4n) is 0.813. The monoisotopic (exact) mass is 194 g/mol. The summed E-state index contributed by atoms with van der Waals surface area (Å²) < 4.78 is 20.5. The standard InChI is InChI=1S/C6H16BO4P/c1-10-6(3-4-7)5-11-12(2,8)9/h6H,3-5,7H2,1-2H3,(H,8,9)/t6-/m0/s1. The van der Waals surface area contributed by atoms with Crippen molar-refractivity contribution in [1.82, 2.24) is 0 Å². The summed E-state index contributed by atoms with van der Waals surface area (Å²) >= 11 is 0. The van der Waals surface area contributed by atoms with E-state index in [2.05, 4.69) is 0 Å². The van der Waals surface area contributed by atoms with E-state index in [1.807, 2.05) is 7.85 Å². The third kappa shape index (κ3) is 6.86. The molecular formula is C6H16BO4P. The third-order valence-corrected chi connectivity index (χ3v) is 2.07. The van der Waals surface area contributed by atoms with E-state index in [9.17, 15) is 4.57 Å². The largest absolute Gasteiger partial charge is 0.379 e. The van der Waals surface area contributed by atoms with Crippen molar-refractivity contribution in [2.75, 3.05) is 20.4 Å². The van der Waals surface area contributed by atoms with Crippen molar-refractivity contribution in [1.29, 1.82) is 0 Å². The average Bonchev–Trinajstić information content (AvgIpc) is 1.96. The molecule has 4 nitrogen and oxygen atoms in total. The van der Waals surface area contributed by atoms with Gasteiger partial charge in [0.25, 0.3) is 0 Å². The van der Waals surface area contributed by atoms with Crippen molar-refractivity contribution >= 4 is 15.4 Å². The summed E-state index contributed by atoms with van der Waals surface area (Å²) in [6, 6.07) is 0. The lowest BCUT2D eigenvalue weighted by Gasteiger charge is -2.15. The van der Waals surface area contributed by atoms with Gasteiger partial charge in [-0.15, -0.1) is 0 Å². The average molecular weight is 194 g/mol. The molecule has 12 heavy (non-hydrogen) atoms. The fourth-order valence-corrected chi connectivity index (χ4v) is 1.26. The van der Waals surface area contributed by atoms with Gasteiger partial charge in [-0.3, -0.25) is 4.57 Å². The van der Waals surface area contributed by atoms with Crippen LogP contribution in [0.4, 0.5) is 0 Å². The Morgan fingerprint density at radius 3 is 2.58 bits per heavy atom. The molecule has 0 aromatic rings. The number of rotatable bonds is 6. The Bertz CT molecular complexity index is 158. The van der Waals surface area contributed by atoms with Crippen LogP contribution < -0.4 is 0 Å². The second-order valence-electron chi connectivity index (χ2n) is 2.75. The van der Waals surface area contributed by atoms with Gasteiger partial charge in [0, 0.05) is 13.8 Å². The Labute approximate surface area is 74.2 Å². The highest BCUT2D eigenvalue weighted by Gasteiger charge is 2.14. The lowest BCUT2D eigenvalue weighted by molar-refractivity contribution is 0.0521. The molecule has 72 valence electrons. The first-order chi connectivity index (χ1) is 5.49. The van der Waals surface area contributed by atoms with Crippen LogP contribution in [-0.4, -0.2) is 39.2 Å². The van der Waals surface area contributed by atoms with Crippen LogP contribution in [0.1, 0.15) is 6.42 Å². The highest BCUT2D eigenvalue weighted by atomic mass is 31.2. The van der Waals surface area contributed by atoms with E-state index in [-0.39, 0.29) is 12.7 Å². The third-order valence-electron chi connectivity index (χ3n) is 1.44. The lowest BCUT2D eigenvalue weighted by Crippen LogP contribution is -2.17. The Kier molecular flexibility index (Phi) is 5.84. The molecule has 0 saturated heterocycles. The molecule has 2 atom stereocenters. The highest BCUT2D eigenvalue weighted by molar-refractivity contribution is 7.51. The van der Waals surface area contributed by atoms with Gasteiger partial charge < -0.3 is 14.2 Å². The van der Waals surface area contributed by atoms with Crippen molar-refractivity contribution in [3.63, 3.8) is 0 Å². The molecule has 0 aromatic carbocycles. The summed E-state index contributed by atoms with van der Waals surface area (Å²) in [6.45, 7) is 1.36. The van der Waals surface area contributed by atoms with E-state index in [1.165, 1.54) is 6.66 Å². The maximum absolute atomic E-state index is 10.7. The van der Waals surface area contributed by atoms with E-state index in [1.54, 1.807) is 7.11 Å². The van der Waals surface area contributed by atoms with Crippen molar-refractivity contribution < 1.29 is 18.7 Å². The summed E-state index contributed by atoms with van der Waals surface area (Å²) in [5.74, 6) is 0. The number of hydrogen-bond donors (Lipinski definition) is 1. The van der Waals surface area contributed by atoms with Crippen molar-refractivity contribution in [3.8, 4) is 0 Å². The Hall–Kier alpha value is 0.175. The van der Waals surface area contributed by atoms with Crippen LogP contribution in [0.3, 0.4) is 0 Å². The highest BCUT2D eigenvalue weighted by Crippen LogP contribution is 2.36. The molecule has 0 saturated carbocycles. The maximum atomic E-state index is 10.7. The molecule has 1 unspecified atom stereocenters. The number of hydrogen-bond acceptors (Lipinski definition) is 3. The van der Waals surface area contributed by atoms with E-state index in [0.29, 0.717) is 0 Å². The molecule has 0 fully saturated rings. The Morgan fingerprint density at radius 1 is 1.67 bits per heavy atom. The summed E-state index contributed by atoms with van der Waals surface area (Å²) in [5.41, 5.74) is 0. The minimum Gasteiger partial charge on any atom is -0.379 e. The van der Waals surface area contributed by atoms with Gasteiger partial charge in [0.2, 0.25) is 0 Å². The summed E-state index contributed by atoms with van der Waals surface area (Å²) in [4.78, 5) is 8.81. The minimum atomic E-state index is -3.34. The Morgan fingerprint density at radius 2 is 2.25 bits per heavy atom. The summed E-state index contributed by atoms with van der Waals surface area (Å²) in [5, 5.41) is 0. The van der Waals surface area contributed by atoms with Gasteiger partial charge in [-0.05, 0) is 6.42 Å².